The van der Waals surface area contributed by atoms with Crippen LogP contribution in [0.15, 0.2) is 10.2 Å². The number of ether oxygens (including phenoxy) is 1. The molecule has 1 atom stereocenters. The monoisotopic (exact) mass is 263 g/mol. The normalized spacial score (nSPS) is 23.0. The Hall–Kier alpha value is -1.41. The van der Waals surface area contributed by atoms with E-state index in [1.54, 1.807) is 0 Å². The summed E-state index contributed by atoms with van der Waals surface area (Å²) in [6.07, 6.45) is 9.91. The molecule has 0 aromatic carbocycles. The van der Waals surface area contributed by atoms with Crippen LogP contribution in [-0.2, 0) is 9.53 Å². The Morgan fingerprint density at radius 2 is 2.32 bits per heavy atom. The molecule has 1 unspecified atom stereocenters. The van der Waals surface area contributed by atoms with E-state index in [4.69, 9.17) is 11.2 Å². The van der Waals surface area contributed by atoms with Gasteiger partial charge in [-0.05, 0) is 18.8 Å². The largest absolute Gasteiger partial charge is 0.381 e. The lowest BCUT2D eigenvalue weighted by Gasteiger charge is -2.10. The van der Waals surface area contributed by atoms with Crippen molar-refractivity contribution in [1.82, 2.24) is 5.32 Å². The van der Waals surface area contributed by atoms with E-state index in [2.05, 4.69) is 21.5 Å². The van der Waals surface area contributed by atoms with Crippen LogP contribution in [0.2, 0.25) is 0 Å². The fourth-order valence-corrected chi connectivity index (χ4v) is 2.30. The van der Waals surface area contributed by atoms with Crippen molar-refractivity contribution in [3.8, 4) is 12.3 Å². The number of terminal acetylenes is 1. The van der Waals surface area contributed by atoms with E-state index in [0.717, 1.165) is 39.0 Å². The molecule has 5 heteroatoms. The van der Waals surface area contributed by atoms with Gasteiger partial charge in [-0.15, -0.1) is 12.3 Å². The van der Waals surface area contributed by atoms with Crippen LogP contribution < -0.4 is 5.32 Å². The first-order valence-electron chi connectivity index (χ1n) is 6.96. The SMILES string of the molecule is C#CCCC1(CCC(=O)NCCC2CCOC2)N=N1. The molecule has 5 nitrogen and oxygen atoms in total. The van der Waals surface area contributed by atoms with Crippen LogP contribution in [0.4, 0.5) is 0 Å². The van der Waals surface area contributed by atoms with Gasteiger partial charge in [-0.25, -0.2) is 0 Å². The first kappa shape index (κ1) is 14.0. The first-order valence-corrected chi connectivity index (χ1v) is 6.96. The van der Waals surface area contributed by atoms with Crippen molar-refractivity contribution in [2.45, 2.75) is 44.2 Å². The van der Waals surface area contributed by atoms with Crippen molar-refractivity contribution in [2.75, 3.05) is 19.8 Å². The highest BCUT2D eigenvalue weighted by atomic mass is 16.5. The smallest absolute Gasteiger partial charge is 0.220 e. The number of hydrogen-bond donors (Lipinski definition) is 1. The fourth-order valence-electron chi connectivity index (χ4n) is 2.30. The van der Waals surface area contributed by atoms with Crippen molar-refractivity contribution < 1.29 is 9.53 Å². The summed E-state index contributed by atoms with van der Waals surface area (Å²) in [4.78, 5) is 11.7. The van der Waals surface area contributed by atoms with Crippen molar-refractivity contribution in [1.29, 1.82) is 0 Å². The third-order valence-electron chi connectivity index (χ3n) is 3.70. The van der Waals surface area contributed by atoms with Gasteiger partial charge in [-0.1, -0.05) is 0 Å². The lowest BCUT2D eigenvalue weighted by molar-refractivity contribution is -0.121. The molecule has 1 saturated heterocycles. The molecule has 0 radical (unpaired) electrons. The van der Waals surface area contributed by atoms with Crippen LogP contribution in [0.1, 0.15) is 38.5 Å². The maximum absolute atomic E-state index is 11.7. The van der Waals surface area contributed by atoms with E-state index in [1.807, 2.05) is 0 Å². The van der Waals surface area contributed by atoms with E-state index in [1.165, 1.54) is 0 Å². The molecule has 2 rings (SSSR count). The van der Waals surface area contributed by atoms with Crippen molar-refractivity contribution in [2.24, 2.45) is 16.1 Å². The number of nitrogens with zero attached hydrogens (tertiary/aromatic N) is 2. The van der Waals surface area contributed by atoms with Crippen molar-refractivity contribution in [3.05, 3.63) is 0 Å². The molecule has 0 aromatic heterocycles. The second kappa shape index (κ2) is 6.67. The summed E-state index contributed by atoms with van der Waals surface area (Å²) in [5, 5.41) is 11.0. The Bertz CT molecular complexity index is 375. The number of carbonyl (C=O) groups is 1. The molecular formula is C14H21N3O2. The lowest BCUT2D eigenvalue weighted by Crippen LogP contribution is -2.27. The first-order chi connectivity index (χ1) is 9.24. The highest BCUT2D eigenvalue weighted by molar-refractivity contribution is 5.75. The minimum absolute atomic E-state index is 0.0799. The van der Waals surface area contributed by atoms with Gasteiger partial charge < -0.3 is 10.1 Å². The van der Waals surface area contributed by atoms with Crippen LogP contribution in [0.3, 0.4) is 0 Å². The van der Waals surface area contributed by atoms with Gasteiger partial charge in [0.05, 0.1) is 0 Å². The van der Waals surface area contributed by atoms with Gasteiger partial charge in [-0.2, -0.15) is 10.2 Å². The molecule has 1 N–H and O–H groups in total. The zero-order chi connectivity index (χ0) is 13.6. The molecule has 2 heterocycles. The van der Waals surface area contributed by atoms with Crippen molar-refractivity contribution in [3.63, 3.8) is 0 Å². The summed E-state index contributed by atoms with van der Waals surface area (Å²) in [6, 6.07) is 0. The van der Waals surface area contributed by atoms with Gasteiger partial charge in [0, 0.05) is 45.4 Å². The molecule has 0 aromatic rings. The van der Waals surface area contributed by atoms with Gasteiger partial charge in [-0.3, -0.25) is 4.79 Å². The maximum Gasteiger partial charge on any atom is 0.220 e. The Labute approximate surface area is 114 Å². The molecule has 2 aliphatic rings. The summed E-state index contributed by atoms with van der Waals surface area (Å²) in [5.41, 5.74) is -0.344. The summed E-state index contributed by atoms with van der Waals surface area (Å²) >= 11 is 0. The molecule has 0 aliphatic carbocycles. The highest BCUT2D eigenvalue weighted by Crippen LogP contribution is 2.37. The van der Waals surface area contributed by atoms with Gasteiger partial charge in [0.1, 0.15) is 0 Å². The van der Waals surface area contributed by atoms with E-state index in [9.17, 15) is 4.79 Å². The molecule has 1 amide bonds. The third-order valence-corrected chi connectivity index (χ3v) is 3.70. The van der Waals surface area contributed by atoms with E-state index in [-0.39, 0.29) is 11.6 Å². The molecule has 19 heavy (non-hydrogen) atoms. The summed E-state index contributed by atoms with van der Waals surface area (Å²) in [5.74, 6) is 3.27. The summed E-state index contributed by atoms with van der Waals surface area (Å²) in [6.45, 7) is 2.43. The number of amides is 1. The topological polar surface area (TPSA) is 63.0 Å². The molecule has 2 aliphatic heterocycles. The molecule has 1 fully saturated rings. The van der Waals surface area contributed by atoms with Gasteiger partial charge in [0.15, 0.2) is 5.66 Å². The van der Waals surface area contributed by atoms with Crippen LogP contribution >= 0.6 is 0 Å². The Morgan fingerprint density at radius 1 is 1.47 bits per heavy atom. The third kappa shape index (κ3) is 4.64. The lowest BCUT2D eigenvalue weighted by atomic mass is 10.0. The quantitative estimate of drug-likeness (QED) is 0.680. The van der Waals surface area contributed by atoms with Gasteiger partial charge >= 0.3 is 0 Å². The molecular weight excluding hydrogens is 242 g/mol. The minimum atomic E-state index is -0.344. The minimum Gasteiger partial charge on any atom is -0.381 e. The average Bonchev–Trinajstić information content (AvgIpc) is 3.00. The standard InChI is InChI=1S/C14H21N3O2/c1-2-3-7-14(16-17-14)8-4-13(18)15-9-5-12-6-10-19-11-12/h1,12H,3-11H2,(H,15,18). The highest BCUT2D eigenvalue weighted by Gasteiger charge is 2.39. The molecule has 104 valence electrons. The van der Waals surface area contributed by atoms with Gasteiger partial charge in [0.2, 0.25) is 5.91 Å². The predicted molar refractivity (Wildman–Crippen MR) is 71.4 cm³/mol. The fraction of sp³-hybridized carbons (Fsp3) is 0.786. The Morgan fingerprint density at radius 3 is 2.95 bits per heavy atom. The number of nitrogens with one attached hydrogen (secondary N) is 1. The van der Waals surface area contributed by atoms with E-state index in [0.29, 0.717) is 25.2 Å². The van der Waals surface area contributed by atoms with Crippen LogP contribution in [-0.4, -0.2) is 31.3 Å². The van der Waals surface area contributed by atoms with Crippen LogP contribution in [0.5, 0.6) is 0 Å². The number of rotatable bonds is 8. The second-order valence-corrected chi connectivity index (χ2v) is 5.25. The van der Waals surface area contributed by atoms with E-state index >= 15 is 0 Å². The van der Waals surface area contributed by atoms with Gasteiger partial charge in [0.25, 0.3) is 0 Å². The van der Waals surface area contributed by atoms with Crippen LogP contribution in [0.25, 0.3) is 0 Å². The van der Waals surface area contributed by atoms with Crippen molar-refractivity contribution >= 4 is 5.91 Å². The Balaban J connectivity index is 1.53. The predicted octanol–water partition coefficient (Wildman–Crippen LogP) is 1.88. The molecule has 0 spiro atoms. The average molecular weight is 263 g/mol. The second-order valence-electron chi connectivity index (χ2n) is 5.25. The summed E-state index contributed by atoms with van der Waals surface area (Å²) in [7, 11) is 0. The summed E-state index contributed by atoms with van der Waals surface area (Å²) < 4.78 is 5.30. The zero-order valence-electron chi connectivity index (χ0n) is 11.2. The Kier molecular flexibility index (Phi) is 4.92. The molecule has 0 saturated carbocycles. The molecule has 0 bridgehead atoms. The maximum atomic E-state index is 11.7. The number of hydrogen-bond acceptors (Lipinski definition) is 4. The van der Waals surface area contributed by atoms with E-state index < -0.39 is 0 Å². The zero-order valence-corrected chi connectivity index (χ0v) is 11.2. The number of carbonyl (C=O) groups excluding carboxylic acids is 1. The van der Waals surface area contributed by atoms with Crippen LogP contribution in [0, 0.1) is 18.3 Å².